The van der Waals surface area contributed by atoms with Crippen LogP contribution in [0.3, 0.4) is 0 Å². The molecule has 16 aromatic rings. The zero-order valence-corrected chi connectivity index (χ0v) is 47.2. The lowest BCUT2D eigenvalue weighted by molar-refractivity contribution is 1.13. The van der Waals surface area contributed by atoms with Gasteiger partial charge in [-0.3, -0.25) is 0 Å². The smallest absolute Gasteiger partial charge is 0.159 e. The second-order valence-corrected chi connectivity index (χ2v) is 22.0. The fourth-order valence-electron chi connectivity index (χ4n) is 12.5. The second-order valence-electron chi connectivity index (χ2n) is 22.0. The van der Waals surface area contributed by atoms with Gasteiger partial charge in [-0.1, -0.05) is 158 Å². The first-order chi connectivity index (χ1) is 43.1. The van der Waals surface area contributed by atoms with Crippen molar-refractivity contribution >= 4 is 43.6 Å². The van der Waals surface area contributed by atoms with Crippen molar-refractivity contribution in [1.29, 1.82) is 0 Å². The summed E-state index contributed by atoms with van der Waals surface area (Å²) in [4.78, 5) is 27.8. The van der Waals surface area contributed by atoms with E-state index in [0.717, 1.165) is 89.7 Å². The topological polar surface area (TPSA) is 87.2 Å². The summed E-state index contributed by atoms with van der Waals surface area (Å²) in [7, 11) is 0. The normalized spacial score (nSPS) is 11.5. The van der Waals surface area contributed by atoms with Gasteiger partial charge < -0.3 is 9.13 Å². The van der Waals surface area contributed by atoms with Crippen LogP contribution in [-0.4, -0.2) is 39.0 Å². The van der Waals surface area contributed by atoms with Gasteiger partial charge >= 0.3 is 0 Å². The molecular weight excluding hydrogens is 1060 g/mol. The molecule has 0 N–H and O–H groups in total. The van der Waals surface area contributed by atoms with Crippen molar-refractivity contribution < 1.29 is 0 Å². The molecule has 0 unspecified atom stereocenters. The highest BCUT2D eigenvalue weighted by Crippen LogP contribution is 2.44. The predicted molar refractivity (Wildman–Crippen MR) is 355 cm³/mol. The monoisotopic (exact) mass is 1110 g/mol. The van der Waals surface area contributed by atoms with Crippen LogP contribution in [0.25, 0.3) is 145 Å². The molecule has 0 aliphatic rings. The van der Waals surface area contributed by atoms with Crippen LogP contribution in [0.4, 0.5) is 0 Å². The van der Waals surface area contributed by atoms with E-state index in [-0.39, 0.29) is 0 Å². The molecule has 87 heavy (non-hydrogen) atoms. The van der Waals surface area contributed by atoms with Gasteiger partial charge in [-0.2, -0.15) is 0 Å². The average molecular weight is 1110 g/mol. The Balaban J connectivity index is 0.813. The van der Waals surface area contributed by atoms with Crippen LogP contribution in [0.2, 0.25) is 0 Å². The molecule has 11 aromatic carbocycles. The SMILES string of the molecule is c1ccc(-c2ccc3c(c2)c2cc(-c4ccccc4)ccc2n3-c2ccc(Cc3ccc(-n4c5ccc(-c6cccc(-c7ncccn7)c6)cc5c5cc(-c6cccc(-c7ncccn7)c6)cc(-c6cccc(-c7ncccn7)c6)c54)cc3)cc2)cc1. The lowest BCUT2D eigenvalue weighted by Crippen LogP contribution is -1.98. The minimum Gasteiger partial charge on any atom is -0.309 e. The maximum absolute atomic E-state index is 4.67. The van der Waals surface area contributed by atoms with E-state index in [0.29, 0.717) is 17.5 Å². The number of benzene rings is 11. The molecule has 0 aliphatic carbocycles. The van der Waals surface area contributed by atoms with Crippen molar-refractivity contribution in [2.45, 2.75) is 6.42 Å². The van der Waals surface area contributed by atoms with Gasteiger partial charge in [0.05, 0.1) is 22.1 Å². The predicted octanol–water partition coefficient (Wildman–Crippen LogP) is 19.2. The Kier molecular flexibility index (Phi) is 12.8. The number of nitrogens with zero attached hydrogens (tertiary/aromatic N) is 8. The van der Waals surface area contributed by atoms with E-state index >= 15 is 0 Å². The highest BCUT2D eigenvalue weighted by atomic mass is 15.0. The summed E-state index contributed by atoms with van der Waals surface area (Å²) in [6.07, 6.45) is 11.5. The average Bonchev–Trinajstić information content (AvgIpc) is 2.06. The van der Waals surface area contributed by atoms with Gasteiger partial charge in [0.15, 0.2) is 17.5 Å². The first kappa shape index (κ1) is 50.9. The van der Waals surface area contributed by atoms with Crippen LogP contribution >= 0.6 is 0 Å². The van der Waals surface area contributed by atoms with Crippen molar-refractivity contribution in [2.24, 2.45) is 0 Å². The zero-order chi connectivity index (χ0) is 57.6. The fourth-order valence-corrected chi connectivity index (χ4v) is 12.5. The molecule has 0 spiro atoms. The summed E-state index contributed by atoms with van der Waals surface area (Å²) in [6, 6.07) is 96.1. The Labute approximate surface area is 502 Å². The quantitative estimate of drug-likeness (QED) is 0.121. The van der Waals surface area contributed by atoms with Gasteiger partial charge in [-0.25, -0.2) is 29.9 Å². The maximum atomic E-state index is 4.67. The minimum absolute atomic E-state index is 0.669. The van der Waals surface area contributed by atoms with Gasteiger partial charge in [0.1, 0.15) is 0 Å². The van der Waals surface area contributed by atoms with Crippen LogP contribution in [0.15, 0.2) is 304 Å². The summed E-state index contributed by atoms with van der Waals surface area (Å²) >= 11 is 0. The molecule has 5 heterocycles. The number of hydrogen-bond donors (Lipinski definition) is 0. The molecule has 0 bridgehead atoms. The van der Waals surface area contributed by atoms with Crippen LogP contribution in [-0.2, 0) is 6.42 Å². The molecule has 0 amide bonds. The number of aromatic nitrogens is 8. The van der Waals surface area contributed by atoms with Gasteiger partial charge in [0, 0.05) is 92.4 Å². The molecule has 8 nitrogen and oxygen atoms in total. The highest BCUT2D eigenvalue weighted by Gasteiger charge is 2.22. The molecule has 408 valence electrons. The molecule has 0 saturated heterocycles. The van der Waals surface area contributed by atoms with Crippen LogP contribution in [0, 0.1) is 0 Å². The molecule has 0 aliphatic heterocycles. The van der Waals surface area contributed by atoms with Gasteiger partial charge in [0.25, 0.3) is 0 Å². The molecule has 16 rings (SSSR count). The van der Waals surface area contributed by atoms with E-state index in [4.69, 9.17) is 0 Å². The lowest BCUT2D eigenvalue weighted by atomic mass is 9.93. The summed E-state index contributed by atoms with van der Waals surface area (Å²) in [5, 5.41) is 4.70. The molecule has 5 aromatic heterocycles. The van der Waals surface area contributed by atoms with Crippen LogP contribution in [0.5, 0.6) is 0 Å². The zero-order valence-electron chi connectivity index (χ0n) is 47.2. The second kappa shape index (κ2) is 21.8. The molecule has 8 heteroatoms. The van der Waals surface area contributed by atoms with E-state index in [1.165, 1.54) is 55.2 Å². The van der Waals surface area contributed by atoms with E-state index in [2.05, 4.69) is 288 Å². The van der Waals surface area contributed by atoms with Crippen molar-refractivity contribution in [3.05, 3.63) is 315 Å². The summed E-state index contributed by atoms with van der Waals surface area (Å²) in [5.41, 5.74) is 23.2. The van der Waals surface area contributed by atoms with E-state index in [1.807, 2.05) is 18.2 Å². The number of rotatable bonds is 12. The first-order valence-electron chi connectivity index (χ1n) is 29.2. The third kappa shape index (κ3) is 9.57. The third-order valence-corrected chi connectivity index (χ3v) is 16.7. The molecule has 0 saturated carbocycles. The Morgan fingerprint density at radius 2 is 0.575 bits per heavy atom. The third-order valence-electron chi connectivity index (χ3n) is 16.7. The number of fused-ring (bicyclic) bond motifs is 6. The Morgan fingerprint density at radius 1 is 0.230 bits per heavy atom. The lowest BCUT2D eigenvalue weighted by Gasteiger charge is -2.15. The van der Waals surface area contributed by atoms with Gasteiger partial charge in [-0.15, -0.1) is 0 Å². The fraction of sp³-hybridized carbons (Fsp3) is 0.0127. The summed E-state index contributed by atoms with van der Waals surface area (Å²) < 4.78 is 4.86. The Hall–Kier alpha value is -11.7. The largest absolute Gasteiger partial charge is 0.309 e. The molecule has 0 radical (unpaired) electrons. The van der Waals surface area contributed by atoms with Crippen LogP contribution < -0.4 is 0 Å². The van der Waals surface area contributed by atoms with Gasteiger partial charge in [-0.05, 0) is 177 Å². The van der Waals surface area contributed by atoms with Crippen LogP contribution in [0.1, 0.15) is 11.1 Å². The van der Waals surface area contributed by atoms with Crippen molar-refractivity contribution in [2.75, 3.05) is 0 Å². The van der Waals surface area contributed by atoms with E-state index in [1.54, 1.807) is 37.2 Å². The number of hydrogen-bond acceptors (Lipinski definition) is 6. The Morgan fingerprint density at radius 3 is 1.05 bits per heavy atom. The molecule has 0 fully saturated rings. The first-order valence-corrected chi connectivity index (χ1v) is 29.2. The van der Waals surface area contributed by atoms with E-state index in [9.17, 15) is 0 Å². The highest BCUT2D eigenvalue weighted by molar-refractivity contribution is 6.16. The van der Waals surface area contributed by atoms with Crippen molar-refractivity contribution in [3.8, 4) is 101 Å². The van der Waals surface area contributed by atoms with E-state index < -0.39 is 0 Å². The summed E-state index contributed by atoms with van der Waals surface area (Å²) in [6.45, 7) is 0. The summed E-state index contributed by atoms with van der Waals surface area (Å²) in [5.74, 6) is 2.03. The standard InChI is InChI=1S/C79H52N8/c1-3-13-54(14-4-1)58-27-34-73-69(47-58)70-48-59(55-15-5-2-6-16-55)28-35-74(70)86(73)66-30-23-52(24-31-66)43-53-25-32-67(33-26-53)87-75-36-29-60(56-17-7-20-62(44-56)77-80-37-10-38-81-77)49-71(75)72-51-65(57-18-8-21-63(45-57)78-82-39-11-40-83-78)50-68(76(72)87)61-19-9-22-64(46-61)79-84-41-12-42-85-79/h1-42,44-51H,43H2. The molecule has 0 atom stereocenters. The minimum atomic E-state index is 0.669. The Bertz CT molecular complexity index is 5100. The molecular formula is C79H52N8. The maximum Gasteiger partial charge on any atom is 0.159 e. The van der Waals surface area contributed by atoms with Gasteiger partial charge in [0.2, 0.25) is 0 Å². The van der Waals surface area contributed by atoms with Crippen molar-refractivity contribution in [3.63, 3.8) is 0 Å². The van der Waals surface area contributed by atoms with Crippen molar-refractivity contribution in [1.82, 2.24) is 39.0 Å².